The van der Waals surface area contributed by atoms with E-state index in [-0.39, 0.29) is 11.7 Å². The number of nitrogens with one attached hydrogen (secondary N) is 1. The second kappa shape index (κ2) is 6.15. The molecule has 3 aromatic rings. The normalized spacial score (nSPS) is 10.3. The first-order valence-electron chi connectivity index (χ1n) is 6.96. The molecule has 0 fully saturated rings. The topological polar surface area (TPSA) is 107 Å². The van der Waals surface area contributed by atoms with E-state index in [9.17, 15) is 4.79 Å². The third-order valence-electron chi connectivity index (χ3n) is 3.35. The highest BCUT2D eigenvalue weighted by atomic mass is 16.1. The Morgan fingerprint density at radius 1 is 0.957 bits per heavy atom. The van der Waals surface area contributed by atoms with Crippen molar-refractivity contribution in [1.29, 1.82) is 0 Å². The molecule has 0 unspecified atom stereocenters. The summed E-state index contributed by atoms with van der Waals surface area (Å²) in [4.78, 5) is 20.4. The van der Waals surface area contributed by atoms with Gasteiger partial charge >= 0.3 is 0 Å². The van der Waals surface area contributed by atoms with E-state index in [0.717, 1.165) is 11.1 Å². The number of rotatable bonds is 3. The molecule has 1 aromatic carbocycles. The minimum Gasteiger partial charge on any atom is -0.399 e. The Labute approximate surface area is 133 Å². The van der Waals surface area contributed by atoms with Gasteiger partial charge in [0.1, 0.15) is 5.82 Å². The largest absolute Gasteiger partial charge is 0.399 e. The van der Waals surface area contributed by atoms with Crippen molar-refractivity contribution in [3.63, 3.8) is 0 Å². The van der Waals surface area contributed by atoms with Gasteiger partial charge in [-0.1, -0.05) is 12.1 Å². The summed E-state index contributed by atoms with van der Waals surface area (Å²) < 4.78 is 0. The number of pyridine rings is 2. The monoisotopic (exact) mass is 305 g/mol. The molecule has 0 atom stereocenters. The molecular weight excluding hydrogens is 290 g/mol. The van der Waals surface area contributed by atoms with E-state index in [1.54, 1.807) is 48.9 Å². The van der Waals surface area contributed by atoms with Crippen LogP contribution in [0.5, 0.6) is 0 Å². The van der Waals surface area contributed by atoms with Crippen LogP contribution in [0.2, 0.25) is 0 Å². The van der Waals surface area contributed by atoms with Crippen molar-refractivity contribution in [2.75, 3.05) is 16.8 Å². The summed E-state index contributed by atoms with van der Waals surface area (Å²) in [6.07, 6.45) is 4.83. The summed E-state index contributed by atoms with van der Waals surface area (Å²) in [5.41, 5.74) is 14.9. The van der Waals surface area contributed by atoms with E-state index in [2.05, 4.69) is 15.3 Å². The van der Waals surface area contributed by atoms with Crippen LogP contribution >= 0.6 is 0 Å². The van der Waals surface area contributed by atoms with Gasteiger partial charge in [0.2, 0.25) is 0 Å². The van der Waals surface area contributed by atoms with E-state index < -0.39 is 0 Å². The lowest BCUT2D eigenvalue weighted by molar-refractivity contribution is 0.102. The zero-order valence-corrected chi connectivity index (χ0v) is 12.2. The first-order chi connectivity index (χ1) is 11.1. The number of carbonyl (C=O) groups is 1. The third-order valence-corrected chi connectivity index (χ3v) is 3.35. The van der Waals surface area contributed by atoms with Gasteiger partial charge in [0.25, 0.3) is 5.91 Å². The van der Waals surface area contributed by atoms with E-state index in [4.69, 9.17) is 11.5 Å². The van der Waals surface area contributed by atoms with Crippen LogP contribution in [0.3, 0.4) is 0 Å². The minimum absolute atomic E-state index is 0.177. The maximum atomic E-state index is 12.4. The molecule has 0 aliphatic rings. The van der Waals surface area contributed by atoms with Crippen molar-refractivity contribution in [3.8, 4) is 11.1 Å². The Kier molecular flexibility index (Phi) is 3.88. The number of nitrogen functional groups attached to an aromatic ring is 2. The number of nitrogens with two attached hydrogens (primary N) is 2. The second-order valence-corrected chi connectivity index (χ2v) is 4.97. The zero-order valence-electron chi connectivity index (χ0n) is 12.2. The van der Waals surface area contributed by atoms with Crippen molar-refractivity contribution < 1.29 is 4.79 Å². The first kappa shape index (κ1) is 14.5. The molecule has 0 saturated heterocycles. The fourth-order valence-corrected chi connectivity index (χ4v) is 2.12. The SMILES string of the molecule is Nc1ccc(-c2cnc(N)c(C(=O)Nc3ccncc3)c2)cc1. The van der Waals surface area contributed by atoms with Crippen molar-refractivity contribution in [2.24, 2.45) is 0 Å². The maximum Gasteiger partial charge on any atom is 0.259 e. The van der Waals surface area contributed by atoms with Gasteiger partial charge in [-0.25, -0.2) is 4.98 Å². The molecule has 23 heavy (non-hydrogen) atoms. The maximum absolute atomic E-state index is 12.4. The van der Waals surface area contributed by atoms with Gasteiger partial charge in [0, 0.05) is 35.5 Å². The van der Waals surface area contributed by atoms with E-state index in [0.29, 0.717) is 16.9 Å². The minimum atomic E-state index is -0.321. The summed E-state index contributed by atoms with van der Waals surface area (Å²) in [5, 5.41) is 2.77. The third kappa shape index (κ3) is 3.26. The highest BCUT2D eigenvalue weighted by Crippen LogP contribution is 2.23. The molecule has 2 heterocycles. The predicted molar refractivity (Wildman–Crippen MR) is 90.7 cm³/mol. The van der Waals surface area contributed by atoms with Crippen molar-refractivity contribution in [1.82, 2.24) is 9.97 Å². The van der Waals surface area contributed by atoms with Gasteiger partial charge in [0.05, 0.1) is 5.56 Å². The number of aromatic nitrogens is 2. The highest BCUT2D eigenvalue weighted by molar-refractivity contribution is 6.07. The molecule has 0 saturated carbocycles. The number of amides is 1. The molecule has 0 aliphatic heterocycles. The van der Waals surface area contributed by atoms with Gasteiger partial charge in [-0.05, 0) is 35.9 Å². The molecule has 0 radical (unpaired) electrons. The van der Waals surface area contributed by atoms with Crippen LogP contribution in [0.15, 0.2) is 61.1 Å². The average Bonchev–Trinajstić information content (AvgIpc) is 2.57. The summed E-state index contributed by atoms with van der Waals surface area (Å²) in [7, 11) is 0. The highest BCUT2D eigenvalue weighted by Gasteiger charge is 2.13. The Bertz CT molecular complexity index is 831. The van der Waals surface area contributed by atoms with Crippen molar-refractivity contribution >= 4 is 23.1 Å². The molecule has 2 aromatic heterocycles. The molecular formula is C17H15N5O. The Balaban J connectivity index is 1.91. The van der Waals surface area contributed by atoms with Gasteiger partial charge in [-0.15, -0.1) is 0 Å². The van der Waals surface area contributed by atoms with Gasteiger partial charge < -0.3 is 16.8 Å². The van der Waals surface area contributed by atoms with Crippen LogP contribution in [0.4, 0.5) is 17.2 Å². The number of carbonyl (C=O) groups excluding carboxylic acids is 1. The number of anilines is 3. The predicted octanol–water partition coefficient (Wildman–Crippen LogP) is 2.56. The molecule has 0 bridgehead atoms. The number of hydrogen-bond donors (Lipinski definition) is 3. The van der Waals surface area contributed by atoms with Crippen LogP contribution in [0, 0.1) is 0 Å². The molecule has 114 valence electrons. The molecule has 6 nitrogen and oxygen atoms in total. The van der Waals surface area contributed by atoms with Gasteiger partial charge in [-0.2, -0.15) is 0 Å². The fourth-order valence-electron chi connectivity index (χ4n) is 2.12. The average molecular weight is 305 g/mol. The standard InChI is InChI=1S/C17H15N5O/c18-13-3-1-11(2-4-13)12-9-15(16(19)21-10-12)17(23)22-14-5-7-20-8-6-14/h1-10H,18H2,(H2,19,21)(H,20,22,23). The molecule has 3 rings (SSSR count). The van der Waals surface area contributed by atoms with Gasteiger partial charge in [-0.3, -0.25) is 9.78 Å². The molecule has 6 heteroatoms. The lowest BCUT2D eigenvalue weighted by Gasteiger charge is -2.09. The summed E-state index contributed by atoms with van der Waals surface area (Å²) in [6, 6.07) is 12.4. The molecule has 5 N–H and O–H groups in total. The lowest BCUT2D eigenvalue weighted by atomic mass is 10.0. The van der Waals surface area contributed by atoms with E-state index >= 15 is 0 Å². The van der Waals surface area contributed by atoms with Crippen molar-refractivity contribution in [3.05, 3.63) is 66.6 Å². The Hall–Kier alpha value is -3.41. The second-order valence-electron chi connectivity index (χ2n) is 4.97. The fraction of sp³-hybridized carbons (Fsp3) is 0. The van der Waals surface area contributed by atoms with Crippen LogP contribution in [-0.2, 0) is 0 Å². The van der Waals surface area contributed by atoms with Crippen molar-refractivity contribution in [2.45, 2.75) is 0 Å². The smallest absolute Gasteiger partial charge is 0.259 e. The van der Waals surface area contributed by atoms with E-state index in [1.807, 2.05) is 12.1 Å². The summed E-state index contributed by atoms with van der Waals surface area (Å²) >= 11 is 0. The summed E-state index contributed by atoms with van der Waals surface area (Å²) in [5.74, 6) is -0.144. The Morgan fingerprint density at radius 2 is 1.65 bits per heavy atom. The van der Waals surface area contributed by atoms with E-state index in [1.165, 1.54) is 0 Å². The number of nitrogens with zero attached hydrogens (tertiary/aromatic N) is 2. The quantitative estimate of drug-likeness (QED) is 0.645. The zero-order chi connectivity index (χ0) is 16.2. The van der Waals surface area contributed by atoms with Gasteiger partial charge in [0.15, 0.2) is 0 Å². The van der Waals surface area contributed by atoms with Crippen LogP contribution in [0.25, 0.3) is 11.1 Å². The molecule has 0 spiro atoms. The molecule has 0 aliphatic carbocycles. The van der Waals surface area contributed by atoms with Crippen LogP contribution in [0.1, 0.15) is 10.4 Å². The first-order valence-corrected chi connectivity index (χ1v) is 6.96. The summed E-state index contributed by atoms with van der Waals surface area (Å²) in [6.45, 7) is 0. The Morgan fingerprint density at radius 3 is 2.35 bits per heavy atom. The number of benzene rings is 1. The number of hydrogen-bond acceptors (Lipinski definition) is 5. The van der Waals surface area contributed by atoms with Crippen LogP contribution < -0.4 is 16.8 Å². The van der Waals surface area contributed by atoms with Crippen LogP contribution in [-0.4, -0.2) is 15.9 Å². The molecule has 1 amide bonds. The lowest BCUT2D eigenvalue weighted by Crippen LogP contribution is -2.15.